The SMILES string of the molecule is CC(=O)Nc1cc(Oc2ccc3c(c2)CC(C(=O)Nc2cc(CN4CCCC4)cc(C(F)(F)F)c2)CC3)ccn1. The van der Waals surface area contributed by atoms with E-state index in [4.69, 9.17) is 4.74 Å². The highest BCUT2D eigenvalue weighted by Crippen LogP contribution is 2.34. The van der Waals surface area contributed by atoms with Gasteiger partial charge in [0.1, 0.15) is 17.3 Å². The van der Waals surface area contributed by atoms with Crippen LogP contribution < -0.4 is 15.4 Å². The van der Waals surface area contributed by atoms with Gasteiger partial charge in [-0.2, -0.15) is 13.2 Å². The first-order valence-electron chi connectivity index (χ1n) is 13.4. The molecular formula is C30H31F3N4O3. The number of aromatic nitrogens is 1. The molecule has 7 nitrogen and oxygen atoms in total. The summed E-state index contributed by atoms with van der Waals surface area (Å²) in [6.07, 6.45) is 0.841. The molecule has 3 aromatic rings. The normalized spacial score (nSPS) is 17.2. The van der Waals surface area contributed by atoms with Crippen molar-refractivity contribution in [2.45, 2.75) is 51.7 Å². The summed E-state index contributed by atoms with van der Waals surface area (Å²) in [6.45, 7) is 3.55. The zero-order chi connectivity index (χ0) is 28.3. The predicted molar refractivity (Wildman–Crippen MR) is 145 cm³/mol. The van der Waals surface area contributed by atoms with Crippen molar-refractivity contribution in [1.29, 1.82) is 0 Å². The molecule has 1 aliphatic heterocycles. The van der Waals surface area contributed by atoms with Gasteiger partial charge >= 0.3 is 6.18 Å². The lowest BCUT2D eigenvalue weighted by atomic mass is 9.83. The van der Waals surface area contributed by atoms with Crippen molar-refractivity contribution < 1.29 is 27.5 Å². The monoisotopic (exact) mass is 552 g/mol. The molecule has 2 aromatic carbocycles. The summed E-state index contributed by atoms with van der Waals surface area (Å²) in [5, 5.41) is 5.38. The van der Waals surface area contributed by atoms with Crippen LogP contribution in [-0.2, 0) is 35.2 Å². The number of benzene rings is 2. The van der Waals surface area contributed by atoms with E-state index in [0.717, 1.165) is 43.1 Å². The molecule has 1 aliphatic carbocycles. The van der Waals surface area contributed by atoms with E-state index < -0.39 is 11.7 Å². The number of nitrogens with one attached hydrogen (secondary N) is 2. The molecule has 10 heteroatoms. The van der Waals surface area contributed by atoms with Gasteiger partial charge in [-0.25, -0.2) is 4.98 Å². The Morgan fingerprint density at radius 2 is 1.77 bits per heavy atom. The molecule has 0 saturated carbocycles. The van der Waals surface area contributed by atoms with E-state index in [-0.39, 0.29) is 23.4 Å². The van der Waals surface area contributed by atoms with Crippen molar-refractivity contribution in [3.63, 3.8) is 0 Å². The van der Waals surface area contributed by atoms with E-state index >= 15 is 0 Å². The van der Waals surface area contributed by atoms with Crippen LogP contribution in [0.2, 0.25) is 0 Å². The Balaban J connectivity index is 1.28. The predicted octanol–water partition coefficient (Wildman–Crippen LogP) is 6.19. The number of likely N-dealkylation sites (tertiary alicyclic amines) is 1. The molecule has 210 valence electrons. The highest BCUT2D eigenvalue weighted by molar-refractivity contribution is 5.93. The molecule has 1 aromatic heterocycles. The van der Waals surface area contributed by atoms with Gasteiger partial charge in [-0.15, -0.1) is 0 Å². The lowest BCUT2D eigenvalue weighted by Crippen LogP contribution is -2.28. The second-order valence-electron chi connectivity index (χ2n) is 10.4. The van der Waals surface area contributed by atoms with Crippen LogP contribution in [0.1, 0.15) is 48.4 Å². The number of alkyl halides is 3. The number of anilines is 2. The molecule has 2 amide bonds. The Labute approximate surface area is 230 Å². The summed E-state index contributed by atoms with van der Waals surface area (Å²) in [5.74, 6) is 0.528. The number of carbonyl (C=O) groups is 2. The number of rotatable bonds is 7. The molecule has 0 radical (unpaired) electrons. The van der Waals surface area contributed by atoms with E-state index in [0.29, 0.717) is 48.7 Å². The standard InChI is InChI=1S/C30H31F3N4O3/c1-19(38)35-28-17-27(8-9-34-28)40-26-7-6-21-4-5-22(14-23(21)15-26)29(39)36-25-13-20(18-37-10-2-3-11-37)12-24(16-25)30(31,32)33/h6-9,12-13,15-17,22H,2-5,10-11,14,18H2,1H3,(H,36,39)(H,34,35,38). The first-order chi connectivity index (χ1) is 19.1. The van der Waals surface area contributed by atoms with Gasteiger partial charge in [0.2, 0.25) is 11.8 Å². The minimum Gasteiger partial charge on any atom is -0.457 e. The van der Waals surface area contributed by atoms with Crippen molar-refractivity contribution in [2.24, 2.45) is 5.92 Å². The fourth-order valence-electron chi connectivity index (χ4n) is 5.34. The maximum Gasteiger partial charge on any atom is 0.416 e. The highest BCUT2D eigenvalue weighted by Gasteiger charge is 2.32. The van der Waals surface area contributed by atoms with Gasteiger partial charge in [-0.05, 0) is 98.3 Å². The summed E-state index contributed by atoms with van der Waals surface area (Å²) in [5.41, 5.74) is 2.02. The number of amides is 2. The van der Waals surface area contributed by atoms with Crippen molar-refractivity contribution >= 4 is 23.3 Å². The first-order valence-corrected chi connectivity index (χ1v) is 13.4. The number of hydrogen-bond acceptors (Lipinski definition) is 5. The number of ether oxygens (including phenoxy) is 1. The van der Waals surface area contributed by atoms with Crippen LogP contribution in [0.5, 0.6) is 11.5 Å². The van der Waals surface area contributed by atoms with E-state index in [9.17, 15) is 22.8 Å². The fourth-order valence-corrected chi connectivity index (χ4v) is 5.34. The Morgan fingerprint density at radius 1 is 1.00 bits per heavy atom. The lowest BCUT2D eigenvalue weighted by molar-refractivity contribution is -0.137. The Kier molecular flexibility index (Phi) is 8.07. The molecule has 1 saturated heterocycles. The van der Waals surface area contributed by atoms with Crippen molar-refractivity contribution in [2.75, 3.05) is 23.7 Å². The lowest BCUT2D eigenvalue weighted by Gasteiger charge is -2.25. The van der Waals surface area contributed by atoms with E-state index in [1.54, 1.807) is 18.2 Å². The van der Waals surface area contributed by atoms with E-state index in [1.165, 1.54) is 19.2 Å². The van der Waals surface area contributed by atoms with Gasteiger partial charge in [0.25, 0.3) is 0 Å². The molecule has 0 bridgehead atoms. The van der Waals surface area contributed by atoms with Crippen LogP contribution in [0, 0.1) is 5.92 Å². The largest absolute Gasteiger partial charge is 0.457 e. The number of nitrogens with zero attached hydrogens (tertiary/aromatic N) is 2. The van der Waals surface area contributed by atoms with E-state index in [1.807, 2.05) is 18.2 Å². The van der Waals surface area contributed by atoms with Crippen LogP contribution in [0.3, 0.4) is 0 Å². The number of fused-ring (bicyclic) bond motifs is 1. The van der Waals surface area contributed by atoms with Gasteiger partial charge in [0, 0.05) is 37.3 Å². The number of pyridine rings is 1. The fraction of sp³-hybridized carbons (Fsp3) is 0.367. The second-order valence-corrected chi connectivity index (χ2v) is 10.4. The summed E-state index contributed by atoms with van der Waals surface area (Å²) in [4.78, 5) is 30.7. The van der Waals surface area contributed by atoms with Gasteiger partial charge < -0.3 is 15.4 Å². The van der Waals surface area contributed by atoms with Crippen molar-refractivity contribution in [3.8, 4) is 11.5 Å². The maximum absolute atomic E-state index is 13.6. The minimum absolute atomic E-state index is 0.171. The van der Waals surface area contributed by atoms with Crippen LogP contribution in [-0.4, -0.2) is 34.8 Å². The van der Waals surface area contributed by atoms with Crippen molar-refractivity contribution in [1.82, 2.24) is 9.88 Å². The molecule has 2 aliphatic rings. The average Bonchev–Trinajstić information content (AvgIpc) is 3.40. The summed E-state index contributed by atoms with van der Waals surface area (Å²) in [7, 11) is 0. The van der Waals surface area contributed by atoms with Gasteiger partial charge in [-0.1, -0.05) is 6.07 Å². The van der Waals surface area contributed by atoms with Crippen LogP contribution in [0.25, 0.3) is 0 Å². The molecule has 2 N–H and O–H groups in total. The highest BCUT2D eigenvalue weighted by atomic mass is 19.4. The average molecular weight is 553 g/mol. The van der Waals surface area contributed by atoms with Gasteiger partial charge in [-0.3, -0.25) is 14.5 Å². The summed E-state index contributed by atoms with van der Waals surface area (Å²) < 4.78 is 46.9. The van der Waals surface area contributed by atoms with Gasteiger partial charge in [0.15, 0.2) is 0 Å². The number of aryl methyl sites for hydroxylation is 1. The number of carbonyl (C=O) groups excluding carboxylic acids is 2. The molecule has 5 rings (SSSR count). The minimum atomic E-state index is -4.50. The molecular weight excluding hydrogens is 521 g/mol. The molecule has 1 atom stereocenters. The third-order valence-corrected chi connectivity index (χ3v) is 7.24. The Hall–Kier alpha value is -3.92. The summed E-state index contributed by atoms with van der Waals surface area (Å²) in [6, 6.07) is 12.8. The Morgan fingerprint density at radius 3 is 2.52 bits per heavy atom. The first kappa shape index (κ1) is 27.6. The van der Waals surface area contributed by atoms with Crippen LogP contribution in [0.4, 0.5) is 24.7 Å². The molecule has 0 spiro atoms. The number of hydrogen-bond donors (Lipinski definition) is 2. The quantitative estimate of drug-likeness (QED) is 0.365. The van der Waals surface area contributed by atoms with Gasteiger partial charge in [0.05, 0.1) is 5.56 Å². The Bertz CT molecular complexity index is 1400. The molecule has 1 unspecified atom stereocenters. The zero-order valence-corrected chi connectivity index (χ0v) is 22.2. The number of halogens is 3. The molecule has 1 fully saturated rings. The third kappa shape index (κ3) is 6.98. The second kappa shape index (κ2) is 11.7. The topological polar surface area (TPSA) is 83.6 Å². The maximum atomic E-state index is 13.6. The third-order valence-electron chi connectivity index (χ3n) is 7.24. The van der Waals surface area contributed by atoms with Crippen LogP contribution >= 0.6 is 0 Å². The summed E-state index contributed by atoms with van der Waals surface area (Å²) >= 11 is 0. The zero-order valence-electron chi connectivity index (χ0n) is 22.2. The molecule has 40 heavy (non-hydrogen) atoms. The smallest absolute Gasteiger partial charge is 0.416 e. The molecule has 2 heterocycles. The van der Waals surface area contributed by atoms with Crippen molar-refractivity contribution in [3.05, 3.63) is 77.0 Å². The van der Waals surface area contributed by atoms with Crippen LogP contribution in [0.15, 0.2) is 54.7 Å². The van der Waals surface area contributed by atoms with E-state index in [2.05, 4.69) is 20.5 Å².